The number of hydrogen-bond acceptors (Lipinski definition) is 6. The summed E-state index contributed by atoms with van der Waals surface area (Å²) in [5, 5.41) is 3.83. The first kappa shape index (κ1) is 22.2. The molecule has 2 N–H and O–H groups in total. The Kier molecular flexibility index (Phi) is 7.86. The van der Waals surface area contributed by atoms with E-state index in [1.807, 2.05) is 24.1 Å². The molecule has 146 valence electrons. The molecule has 2 rings (SSSR count). The van der Waals surface area contributed by atoms with Gasteiger partial charge in [0.1, 0.15) is 5.75 Å². The van der Waals surface area contributed by atoms with Crippen molar-refractivity contribution >= 4 is 12.4 Å². The first-order valence-electron chi connectivity index (χ1n) is 7.67. The Labute approximate surface area is 155 Å². The Morgan fingerprint density at radius 3 is 2.31 bits per heavy atom. The second-order valence-electron chi connectivity index (χ2n) is 5.94. The van der Waals surface area contributed by atoms with Crippen LogP contribution in [0.5, 0.6) is 5.75 Å². The summed E-state index contributed by atoms with van der Waals surface area (Å²) in [6.45, 7) is 3.40. The van der Waals surface area contributed by atoms with E-state index in [1.54, 1.807) is 13.8 Å². The minimum atomic E-state index is -4.36. The summed E-state index contributed by atoms with van der Waals surface area (Å²) in [6.07, 6.45) is -4.36. The lowest BCUT2D eigenvalue weighted by atomic mass is 10.1. The van der Waals surface area contributed by atoms with Crippen LogP contribution in [0.2, 0.25) is 0 Å². The van der Waals surface area contributed by atoms with Crippen molar-refractivity contribution in [3.8, 4) is 5.75 Å². The molecule has 0 saturated carbocycles. The van der Waals surface area contributed by atoms with Gasteiger partial charge in [-0.15, -0.1) is 12.4 Å². The zero-order valence-electron chi connectivity index (χ0n) is 14.8. The fourth-order valence-electron chi connectivity index (χ4n) is 2.56. The van der Waals surface area contributed by atoms with Crippen molar-refractivity contribution in [2.75, 3.05) is 13.7 Å². The van der Waals surface area contributed by atoms with E-state index in [2.05, 4.69) is 10.1 Å². The molecular weight excluding hydrogens is 373 g/mol. The molecule has 1 heterocycles. The van der Waals surface area contributed by atoms with Crippen LogP contribution in [0.4, 0.5) is 13.2 Å². The summed E-state index contributed by atoms with van der Waals surface area (Å²) in [6, 6.07) is 3.63. The Balaban J connectivity index is 0.00000338. The van der Waals surface area contributed by atoms with Gasteiger partial charge in [-0.3, -0.25) is 4.90 Å². The number of halogens is 4. The first-order valence-corrected chi connectivity index (χ1v) is 7.67. The molecule has 0 aliphatic heterocycles. The molecule has 0 radical (unpaired) electrons. The fraction of sp³-hybridized carbons (Fsp3) is 0.500. The van der Waals surface area contributed by atoms with Gasteiger partial charge in [-0.05, 0) is 37.6 Å². The molecule has 6 nitrogen and oxygen atoms in total. The van der Waals surface area contributed by atoms with Gasteiger partial charge in [0.05, 0.1) is 13.1 Å². The summed E-state index contributed by atoms with van der Waals surface area (Å²) in [5.74, 6) is 1.18. The molecule has 0 aliphatic rings. The van der Waals surface area contributed by atoms with Gasteiger partial charge < -0.3 is 15.0 Å². The molecule has 0 aliphatic carbocycles. The zero-order chi connectivity index (χ0) is 18.6. The second-order valence-corrected chi connectivity index (χ2v) is 5.94. The highest BCUT2D eigenvalue weighted by molar-refractivity contribution is 5.85. The Bertz CT molecular complexity index is 699. The summed E-state index contributed by atoms with van der Waals surface area (Å²) in [4.78, 5) is 6.10. The van der Waals surface area contributed by atoms with Gasteiger partial charge in [0.25, 0.3) is 0 Å². The van der Waals surface area contributed by atoms with E-state index < -0.39 is 12.8 Å². The number of rotatable bonds is 7. The van der Waals surface area contributed by atoms with Crippen LogP contribution in [0.15, 0.2) is 16.7 Å². The molecule has 26 heavy (non-hydrogen) atoms. The highest BCUT2D eigenvalue weighted by atomic mass is 35.5. The van der Waals surface area contributed by atoms with Crippen molar-refractivity contribution < 1.29 is 22.4 Å². The summed E-state index contributed by atoms with van der Waals surface area (Å²) >= 11 is 0. The summed E-state index contributed by atoms with van der Waals surface area (Å²) < 4.78 is 46.9. The summed E-state index contributed by atoms with van der Waals surface area (Å²) in [7, 11) is 1.89. The van der Waals surface area contributed by atoms with E-state index in [0.29, 0.717) is 35.9 Å². The monoisotopic (exact) mass is 394 g/mol. The molecule has 10 heteroatoms. The molecule has 0 fully saturated rings. The van der Waals surface area contributed by atoms with Crippen LogP contribution in [0.3, 0.4) is 0 Å². The van der Waals surface area contributed by atoms with Crippen LogP contribution in [-0.4, -0.2) is 34.9 Å². The van der Waals surface area contributed by atoms with E-state index in [-0.39, 0.29) is 24.7 Å². The maximum absolute atomic E-state index is 12.3. The Morgan fingerprint density at radius 1 is 1.19 bits per heavy atom. The smallest absolute Gasteiger partial charge is 0.422 e. The van der Waals surface area contributed by atoms with Gasteiger partial charge in [0, 0.05) is 6.54 Å². The number of alkyl halides is 3. The second kappa shape index (κ2) is 9.20. The SMILES string of the molecule is Cc1cc(CN(C)Cc2noc(CN)n2)cc(C)c1OCC(F)(F)F.Cl. The van der Waals surface area contributed by atoms with Crippen molar-refractivity contribution in [1.29, 1.82) is 0 Å². The highest BCUT2D eigenvalue weighted by Gasteiger charge is 2.29. The lowest BCUT2D eigenvalue weighted by molar-refractivity contribution is -0.153. The molecule has 0 bridgehead atoms. The summed E-state index contributed by atoms with van der Waals surface area (Å²) in [5.41, 5.74) is 7.71. The van der Waals surface area contributed by atoms with Gasteiger partial charge in [-0.2, -0.15) is 18.2 Å². The fourth-order valence-corrected chi connectivity index (χ4v) is 2.56. The molecule has 0 atom stereocenters. The van der Waals surface area contributed by atoms with Crippen LogP contribution in [0.1, 0.15) is 28.4 Å². The molecule has 1 aromatic heterocycles. The molecule has 2 aromatic rings. The van der Waals surface area contributed by atoms with E-state index >= 15 is 0 Å². The van der Waals surface area contributed by atoms with Gasteiger partial charge >= 0.3 is 6.18 Å². The first-order chi connectivity index (χ1) is 11.7. The largest absolute Gasteiger partial charge is 0.484 e. The quantitative estimate of drug-likeness (QED) is 0.777. The van der Waals surface area contributed by atoms with E-state index in [4.69, 9.17) is 15.0 Å². The van der Waals surface area contributed by atoms with Gasteiger partial charge in [0.15, 0.2) is 12.4 Å². The lowest BCUT2D eigenvalue weighted by Crippen LogP contribution is -2.20. The van der Waals surface area contributed by atoms with E-state index in [0.717, 1.165) is 5.56 Å². The Hall–Kier alpha value is -1.84. The van der Waals surface area contributed by atoms with Gasteiger partial charge in [0.2, 0.25) is 5.89 Å². The molecule has 0 unspecified atom stereocenters. The molecule has 0 saturated heterocycles. The van der Waals surface area contributed by atoms with Crippen LogP contribution in [0.25, 0.3) is 0 Å². The van der Waals surface area contributed by atoms with Crippen molar-refractivity contribution in [1.82, 2.24) is 15.0 Å². The maximum atomic E-state index is 12.3. The average molecular weight is 395 g/mol. The predicted molar refractivity (Wildman–Crippen MR) is 92.1 cm³/mol. The number of benzene rings is 1. The number of aryl methyl sites for hydroxylation is 2. The van der Waals surface area contributed by atoms with Gasteiger partial charge in [-0.25, -0.2) is 0 Å². The van der Waals surface area contributed by atoms with Crippen LogP contribution < -0.4 is 10.5 Å². The Morgan fingerprint density at radius 2 is 1.81 bits per heavy atom. The average Bonchev–Trinajstić information content (AvgIpc) is 2.92. The topological polar surface area (TPSA) is 77.4 Å². The normalized spacial score (nSPS) is 11.5. The van der Waals surface area contributed by atoms with Crippen molar-refractivity contribution in [3.63, 3.8) is 0 Å². The van der Waals surface area contributed by atoms with Gasteiger partial charge in [-0.1, -0.05) is 17.3 Å². The standard InChI is InChI=1S/C16H21F3N4O2.ClH/c1-10-4-12(5-11(2)15(10)24-9-16(17,18)19)7-23(3)8-13-21-14(6-20)25-22-13;/h4-5H,6-9,20H2,1-3H3;1H. The van der Waals surface area contributed by atoms with Crippen LogP contribution in [0, 0.1) is 13.8 Å². The molecular formula is C16H22ClF3N4O2. The zero-order valence-corrected chi connectivity index (χ0v) is 15.6. The third-order valence-corrected chi connectivity index (χ3v) is 3.45. The molecule has 0 amide bonds. The molecule has 1 aromatic carbocycles. The third-order valence-electron chi connectivity index (χ3n) is 3.45. The minimum Gasteiger partial charge on any atom is -0.484 e. The van der Waals surface area contributed by atoms with E-state index in [1.165, 1.54) is 0 Å². The van der Waals surface area contributed by atoms with Crippen LogP contribution >= 0.6 is 12.4 Å². The number of nitrogens with two attached hydrogens (primary N) is 1. The number of aromatic nitrogens is 2. The number of ether oxygens (including phenoxy) is 1. The van der Waals surface area contributed by atoms with Crippen molar-refractivity contribution in [2.24, 2.45) is 5.73 Å². The minimum absolute atomic E-state index is 0. The van der Waals surface area contributed by atoms with Crippen molar-refractivity contribution in [2.45, 2.75) is 39.7 Å². The van der Waals surface area contributed by atoms with Crippen molar-refractivity contribution in [3.05, 3.63) is 40.5 Å². The predicted octanol–water partition coefficient (Wildman–Crippen LogP) is 3.14. The number of nitrogens with zero attached hydrogens (tertiary/aromatic N) is 3. The molecule has 0 spiro atoms. The maximum Gasteiger partial charge on any atom is 0.422 e. The lowest BCUT2D eigenvalue weighted by Gasteiger charge is -2.18. The number of hydrogen-bond donors (Lipinski definition) is 1. The van der Waals surface area contributed by atoms with Crippen LogP contribution in [-0.2, 0) is 19.6 Å². The highest BCUT2D eigenvalue weighted by Crippen LogP contribution is 2.27. The third kappa shape index (κ3) is 6.47. The van der Waals surface area contributed by atoms with E-state index in [9.17, 15) is 13.2 Å².